The van der Waals surface area contributed by atoms with Gasteiger partial charge in [-0.3, -0.25) is 4.98 Å². The first kappa shape index (κ1) is 11.6. The molecule has 2 atom stereocenters. The van der Waals surface area contributed by atoms with Gasteiger partial charge in [0.25, 0.3) is 0 Å². The van der Waals surface area contributed by atoms with E-state index in [1.54, 1.807) is 12.4 Å². The fraction of sp³-hybridized carbons (Fsp3) is 0.615. The maximum atomic E-state index is 10.2. The summed E-state index contributed by atoms with van der Waals surface area (Å²) in [6.45, 7) is 0.498. The van der Waals surface area contributed by atoms with E-state index in [2.05, 4.69) is 4.98 Å². The van der Waals surface area contributed by atoms with Crippen molar-refractivity contribution < 1.29 is 5.11 Å². The normalized spacial score (nSPS) is 20.1. The molecule has 0 saturated heterocycles. The van der Waals surface area contributed by atoms with Crippen molar-refractivity contribution in [1.82, 2.24) is 4.98 Å². The highest BCUT2D eigenvalue weighted by atomic mass is 16.3. The van der Waals surface area contributed by atoms with E-state index in [-0.39, 0.29) is 12.0 Å². The van der Waals surface area contributed by atoms with Crippen molar-refractivity contribution in [2.45, 2.75) is 37.7 Å². The van der Waals surface area contributed by atoms with E-state index in [9.17, 15) is 5.11 Å². The summed E-state index contributed by atoms with van der Waals surface area (Å²) in [5, 5.41) is 10.2. The molecule has 1 heterocycles. The van der Waals surface area contributed by atoms with Gasteiger partial charge in [-0.2, -0.15) is 0 Å². The summed E-state index contributed by atoms with van der Waals surface area (Å²) in [5.41, 5.74) is 6.86. The molecular weight excluding hydrogens is 200 g/mol. The van der Waals surface area contributed by atoms with Crippen molar-refractivity contribution in [1.29, 1.82) is 0 Å². The Bertz CT molecular complexity index is 311. The highest BCUT2D eigenvalue weighted by Gasteiger charge is 2.26. The van der Waals surface area contributed by atoms with Crippen molar-refractivity contribution in [2.24, 2.45) is 11.7 Å². The first-order chi connectivity index (χ1) is 7.81. The Labute approximate surface area is 96.7 Å². The number of hydrogen-bond donors (Lipinski definition) is 2. The zero-order valence-corrected chi connectivity index (χ0v) is 9.55. The zero-order valence-electron chi connectivity index (χ0n) is 9.55. The van der Waals surface area contributed by atoms with Crippen LogP contribution < -0.4 is 5.73 Å². The highest BCUT2D eigenvalue weighted by Crippen LogP contribution is 2.33. The Hall–Kier alpha value is -0.930. The van der Waals surface area contributed by atoms with Gasteiger partial charge in [-0.15, -0.1) is 0 Å². The van der Waals surface area contributed by atoms with Gasteiger partial charge >= 0.3 is 0 Å². The van der Waals surface area contributed by atoms with Crippen molar-refractivity contribution in [3.63, 3.8) is 0 Å². The Morgan fingerprint density at radius 3 is 2.56 bits per heavy atom. The van der Waals surface area contributed by atoms with Gasteiger partial charge < -0.3 is 10.8 Å². The van der Waals surface area contributed by atoms with Crippen LogP contribution in [0.1, 0.15) is 37.2 Å². The molecule has 1 saturated carbocycles. The molecule has 3 N–H and O–H groups in total. The molecule has 3 heteroatoms. The van der Waals surface area contributed by atoms with Gasteiger partial charge in [0.15, 0.2) is 0 Å². The summed E-state index contributed by atoms with van der Waals surface area (Å²) in [6, 6.07) is 3.89. The second kappa shape index (κ2) is 5.41. The largest absolute Gasteiger partial charge is 0.392 e. The van der Waals surface area contributed by atoms with Gasteiger partial charge in [0, 0.05) is 24.9 Å². The molecule has 0 aromatic carbocycles. The summed E-state index contributed by atoms with van der Waals surface area (Å²) in [5.74, 6) is 0.773. The molecule has 1 aliphatic rings. The zero-order chi connectivity index (χ0) is 11.4. The fourth-order valence-electron chi connectivity index (χ4n) is 2.36. The van der Waals surface area contributed by atoms with Crippen LogP contribution in [0, 0.1) is 5.92 Å². The van der Waals surface area contributed by atoms with Crippen LogP contribution in [-0.4, -0.2) is 22.7 Å². The van der Waals surface area contributed by atoms with Gasteiger partial charge in [-0.05, 0) is 30.0 Å². The van der Waals surface area contributed by atoms with Gasteiger partial charge in [0.2, 0.25) is 0 Å². The summed E-state index contributed by atoms with van der Waals surface area (Å²) in [6.07, 6.45) is 7.96. The van der Waals surface area contributed by atoms with E-state index in [1.165, 1.54) is 19.3 Å². The van der Waals surface area contributed by atoms with Crippen LogP contribution in [0.25, 0.3) is 0 Å². The van der Waals surface area contributed by atoms with Gasteiger partial charge in [-0.25, -0.2) is 0 Å². The summed E-state index contributed by atoms with van der Waals surface area (Å²) in [4.78, 5) is 3.99. The van der Waals surface area contributed by atoms with Crippen LogP contribution in [0.3, 0.4) is 0 Å². The second-order valence-corrected chi connectivity index (χ2v) is 4.72. The lowest BCUT2D eigenvalue weighted by Crippen LogP contribution is -2.29. The molecule has 2 rings (SSSR count). The van der Waals surface area contributed by atoms with Crippen molar-refractivity contribution >= 4 is 0 Å². The van der Waals surface area contributed by atoms with Crippen LogP contribution in [0.2, 0.25) is 0 Å². The smallest absolute Gasteiger partial charge is 0.0623 e. The van der Waals surface area contributed by atoms with E-state index in [1.807, 2.05) is 12.1 Å². The number of rotatable bonds is 5. The third kappa shape index (κ3) is 2.60. The molecule has 16 heavy (non-hydrogen) atoms. The third-order valence-corrected chi connectivity index (χ3v) is 3.65. The molecule has 1 aromatic heterocycles. The van der Waals surface area contributed by atoms with Crippen molar-refractivity contribution in [3.05, 3.63) is 30.1 Å². The Kier molecular flexibility index (Phi) is 3.91. The summed E-state index contributed by atoms with van der Waals surface area (Å²) < 4.78 is 0. The molecule has 1 fully saturated rings. The number of aromatic nitrogens is 1. The van der Waals surface area contributed by atoms with Crippen molar-refractivity contribution in [3.8, 4) is 0 Å². The lowest BCUT2D eigenvalue weighted by Gasteiger charge is -2.30. The molecule has 1 aromatic rings. The standard InChI is InChI=1S/C13H20N2O/c14-9-12(11-4-6-15-7-5-11)13(16)8-10-2-1-3-10/h4-7,10,12-13,16H,1-3,8-9,14H2. The fourth-order valence-corrected chi connectivity index (χ4v) is 2.36. The molecule has 3 nitrogen and oxygen atoms in total. The third-order valence-electron chi connectivity index (χ3n) is 3.65. The van der Waals surface area contributed by atoms with E-state index in [4.69, 9.17) is 5.73 Å². The average molecular weight is 220 g/mol. The first-order valence-electron chi connectivity index (χ1n) is 6.09. The van der Waals surface area contributed by atoms with E-state index >= 15 is 0 Å². The average Bonchev–Trinajstić information content (AvgIpc) is 2.26. The number of nitrogens with zero attached hydrogens (tertiary/aromatic N) is 1. The quantitative estimate of drug-likeness (QED) is 0.793. The molecular formula is C13H20N2O. The highest BCUT2D eigenvalue weighted by molar-refractivity contribution is 5.17. The minimum atomic E-state index is -0.308. The Balaban J connectivity index is 1.98. The summed E-state index contributed by atoms with van der Waals surface area (Å²) in [7, 11) is 0. The minimum absolute atomic E-state index is 0.0589. The van der Waals surface area contributed by atoms with Crippen LogP contribution in [0.4, 0.5) is 0 Å². The number of aliphatic hydroxyl groups is 1. The second-order valence-electron chi connectivity index (χ2n) is 4.72. The molecule has 88 valence electrons. The van der Waals surface area contributed by atoms with E-state index in [0.29, 0.717) is 12.5 Å². The molecule has 0 aliphatic heterocycles. The molecule has 0 bridgehead atoms. The lowest BCUT2D eigenvalue weighted by atomic mass is 9.78. The van der Waals surface area contributed by atoms with Crippen LogP contribution in [0.5, 0.6) is 0 Å². The number of aliphatic hydroxyl groups excluding tert-OH is 1. The summed E-state index contributed by atoms with van der Waals surface area (Å²) >= 11 is 0. The van der Waals surface area contributed by atoms with Crippen LogP contribution in [-0.2, 0) is 0 Å². The molecule has 0 spiro atoms. The van der Waals surface area contributed by atoms with Crippen LogP contribution in [0.15, 0.2) is 24.5 Å². The molecule has 0 radical (unpaired) electrons. The Morgan fingerprint density at radius 2 is 2.06 bits per heavy atom. The van der Waals surface area contributed by atoms with Gasteiger partial charge in [0.05, 0.1) is 6.10 Å². The first-order valence-corrected chi connectivity index (χ1v) is 6.09. The SMILES string of the molecule is NCC(c1ccncc1)C(O)CC1CCC1. The maximum absolute atomic E-state index is 10.2. The lowest BCUT2D eigenvalue weighted by molar-refractivity contribution is 0.0951. The monoisotopic (exact) mass is 220 g/mol. The van der Waals surface area contributed by atoms with Gasteiger partial charge in [-0.1, -0.05) is 19.3 Å². The van der Waals surface area contributed by atoms with Crippen LogP contribution >= 0.6 is 0 Å². The number of pyridine rings is 1. The predicted molar refractivity (Wildman–Crippen MR) is 64.0 cm³/mol. The number of hydrogen-bond acceptors (Lipinski definition) is 3. The van der Waals surface area contributed by atoms with E-state index < -0.39 is 0 Å². The topological polar surface area (TPSA) is 59.1 Å². The minimum Gasteiger partial charge on any atom is -0.392 e. The maximum Gasteiger partial charge on any atom is 0.0623 e. The van der Waals surface area contributed by atoms with Crippen molar-refractivity contribution in [2.75, 3.05) is 6.54 Å². The molecule has 0 amide bonds. The molecule has 1 aliphatic carbocycles. The number of nitrogens with two attached hydrogens (primary N) is 1. The van der Waals surface area contributed by atoms with Gasteiger partial charge in [0.1, 0.15) is 0 Å². The molecule has 2 unspecified atom stereocenters. The predicted octanol–water partition coefficient (Wildman–Crippen LogP) is 1.68. The Morgan fingerprint density at radius 1 is 1.38 bits per heavy atom. The van der Waals surface area contributed by atoms with E-state index in [0.717, 1.165) is 12.0 Å².